The van der Waals surface area contributed by atoms with E-state index in [4.69, 9.17) is 23.2 Å². The van der Waals surface area contributed by atoms with Crippen molar-refractivity contribution in [2.45, 2.75) is 32.4 Å². The number of carbonyl (C=O) groups excluding carboxylic acids is 1. The monoisotopic (exact) mass is 467 g/mol. The van der Waals surface area contributed by atoms with E-state index in [1.807, 2.05) is 29.2 Å². The highest BCUT2D eigenvalue weighted by Gasteiger charge is 2.37. The number of halogens is 2. The molecule has 1 unspecified atom stereocenters. The highest BCUT2D eigenvalue weighted by Crippen LogP contribution is 2.34. The van der Waals surface area contributed by atoms with Gasteiger partial charge in [-0.05, 0) is 43.4 Å². The molecule has 30 heavy (non-hydrogen) atoms. The van der Waals surface area contributed by atoms with E-state index in [0.717, 1.165) is 49.3 Å². The van der Waals surface area contributed by atoms with Crippen molar-refractivity contribution in [2.24, 2.45) is 11.8 Å². The van der Waals surface area contributed by atoms with E-state index in [0.29, 0.717) is 35.0 Å². The van der Waals surface area contributed by atoms with Crippen LogP contribution in [0.5, 0.6) is 0 Å². The molecular formula is C21H23Cl2N3O3S. The van der Waals surface area contributed by atoms with Crippen LogP contribution in [0.4, 0.5) is 5.00 Å². The van der Waals surface area contributed by atoms with Crippen LogP contribution in [-0.2, 0) is 17.9 Å². The van der Waals surface area contributed by atoms with Crippen LogP contribution in [-0.4, -0.2) is 40.3 Å². The molecule has 1 saturated heterocycles. The lowest BCUT2D eigenvalue weighted by molar-refractivity contribution is -0.380. The molecule has 1 aromatic heterocycles. The van der Waals surface area contributed by atoms with Crippen LogP contribution in [0.15, 0.2) is 30.3 Å². The zero-order valence-electron chi connectivity index (χ0n) is 16.4. The molecule has 1 aliphatic carbocycles. The highest BCUT2D eigenvalue weighted by atomic mass is 35.5. The van der Waals surface area contributed by atoms with Gasteiger partial charge in [0.2, 0.25) is 5.91 Å². The average molecular weight is 468 g/mol. The summed E-state index contributed by atoms with van der Waals surface area (Å²) in [5.74, 6) is 0.907. The van der Waals surface area contributed by atoms with Crippen LogP contribution < -0.4 is 0 Å². The van der Waals surface area contributed by atoms with Gasteiger partial charge in [-0.15, -0.1) is 0 Å². The molecule has 0 N–H and O–H groups in total. The number of nitrogens with zero attached hydrogens (tertiary/aromatic N) is 3. The molecule has 0 spiro atoms. The fourth-order valence-corrected chi connectivity index (χ4v) is 5.38. The SMILES string of the molecule is O=C(C1CC1)N1CCC(CN(Cc2ccc([N+](=O)[O-])s2)Cc2c(Cl)cccc2Cl)C1. The first-order valence-corrected chi connectivity index (χ1v) is 11.6. The van der Waals surface area contributed by atoms with Gasteiger partial charge in [0.1, 0.15) is 0 Å². The predicted molar refractivity (Wildman–Crippen MR) is 119 cm³/mol. The van der Waals surface area contributed by atoms with Gasteiger partial charge in [0, 0.05) is 65.2 Å². The van der Waals surface area contributed by atoms with Gasteiger partial charge in [0.05, 0.1) is 4.92 Å². The number of amides is 1. The fraction of sp³-hybridized carbons (Fsp3) is 0.476. The summed E-state index contributed by atoms with van der Waals surface area (Å²) < 4.78 is 0. The van der Waals surface area contributed by atoms with Gasteiger partial charge < -0.3 is 4.90 Å². The first-order chi connectivity index (χ1) is 14.4. The van der Waals surface area contributed by atoms with Gasteiger partial charge in [-0.2, -0.15) is 0 Å². The van der Waals surface area contributed by atoms with E-state index in [1.165, 1.54) is 11.3 Å². The zero-order valence-corrected chi connectivity index (χ0v) is 18.8. The van der Waals surface area contributed by atoms with Crippen LogP contribution in [0.1, 0.15) is 29.7 Å². The van der Waals surface area contributed by atoms with Gasteiger partial charge in [-0.25, -0.2) is 0 Å². The summed E-state index contributed by atoms with van der Waals surface area (Å²) in [6, 6.07) is 8.82. The van der Waals surface area contributed by atoms with Crippen molar-refractivity contribution in [3.8, 4) is 0 Å². The molecule has 2 aliphatic rings. The molecule has 0 radical (unpaired) electrons. The lowest BCUT2D eigenvalue weighted by Crippen LogP contribution is -2.33. The molecule has 160 valence electrons. The molecule has 1 amide bonds. The highest BCUT2D eigenvalue weighted by molar-refractivity contribution is 7.15. The second kappa shape index (κ2) is 9.22. The average Bonchev–Trinajstić information content (AvgIpc) is 3.27. The number of likely N-dealkylation sites (tertiary alicyclic amines) is 1. The fourth-order valence-electron chi connectivity index (χ4n) is 4.00. The maximum absolute atomic E-state index is 12.4. The van der Waals surface area contributed by atoms with Gasteiger partial charge in [-0.1, -0.05) is 40.6 Å². The van der Waals surface area contributed by atoms with E-state index in [2.05, 4.69) is 4.90 Å². The maximum atomic E-state index is 12.4. The first-order valence-electron chi connectivity index (χ1n) is 10.1. The Bertz CT molecular complexity index is 927. The van der Waals surface area contributed by atoms with Crippen molar-refractivity contribution in [3.63, 3.8) is 0 Å². The Hall–Kier alpha value is -1.67. The van der Waals surface area contributed by atoms with Gasteiger partial charge >= 0.3 is 5.00 Å². The summed E-state index contributed by atoms with van der Waals surface area (Å²) in [7, 11) is 0. The molecule has 2 fully saturated rings. The van der Waals surface area contributed by atoms with Crippen LogP contribution >= 0.6 is 34.5 Å². The topological polar surface area (TPSA) is 66.7 Å². The molecule has 1 aromatic carbocycles. The summed E-state index contributed by atoms with van der Waals surface area (Å²) in [5, 5.41) is 12.4. The zero-order chi connectivity index (χ0) is 21.3. The number of benzene rings is 1. The molecule has 1 saturated carbocycles. The van der Waals surface area contributed by atoms with Gasteiger partial charge in [-0.3, -0.25) is 19.8 Å². The molecule has 6 nitrogen and oxygen atoms in total. The van der Waals surface area contributed by atoms with E-state index < -0.39 is 0 Å². The van der Waals surface area contributed by atoms with E-state index in [-0.39, 0.29) is 15.8 Å². The molecule has 9 heteroatoms. The largest absolute Gasteiger partial charge is 0.342 e. The van der Waals surface area contributed by atoms with Crippen molar-refractivity contribution in [1.29, 1.82) is 0 Å². The second-order valence-corrected chi connectivity index (χ2v) is 10.0. The predicted octanol–water partition coefficient (Wildman–Crippen LogP) is 5.22. The minimum atomic E-state index is -0.359. The Morgan fingerprint density at radius 1 is 1.17 bits per heavy atom. The summed E-state index contributed by atoms with van der Waals surface area (Å²) >= 11 is 14.0. The number of thiophene rings is 1. The molecule has 1 atom stereocenters. The van der Waals surface area contributed by atoms with Crippen LogP contribution in [0.3, 0.4) is 0 Å². The number of nitro groups is 1. The summed E-state index contributed by atoms with van der Waals surface area (Å²) in [6.07, 6.45) is 3.01. The molecular weight excluding hydrogens is 445 g/mol. The van der Waals surface area contributed by atoms with Gasteiger partial charge in [0.25, 0.3) is 0 Å². The van der Waals surface area contributed by atoms with Crippen molar-refractivity contribution in [3.05, 3.63) is 60.9 Å². The molecule has 1 aliphatic heterocycles. The number of carbonyl (C=O) groups is 1. The Labute approximate surface area is 189 Å². The summed E-state index contributed by atoms with van der Waals surface area (Å²) in [4.78, 5) is 28.2. The molecule has 4 rings (SSSR count). The lowest BCUT2D eigenvalue weighted by Gasteiger charge is -2.26. The van der Waals surface area contributed by atoms with Crippen LogP contribution in [0.2, 0.25) is 10.0 Å². The molecule has 2 heterocycles. The van der Waals surface area contributed by atoms with E-state index in [9.17, 15) is 14.9 Å². The molecule has 0 bridgehead atoms. The Kier molecular flexibility index (Phi) is 6.63. The minimum Gasteiger partial charge on any atom is -0.342 e. The third kappa shape index (κ3) is 5.14. The van der Waals surface area contributed by atoms with Crippen LogP contribution in [0, 0.1) is 22.0 Å². The van der Waals surface area contributed by atoms with Crippen molar-refractivity contribution >= 4 is 45.4 Å². The lowest BCUT2D eigenvalue weighted by atomic mass is 10.1. The van der Waals surface area contributed by atoms with Crippen molar-refractivity contribution in [2.75, 3.05) is 19.6 Å². The van der Waals surface area contributed by atoms with Crippen molar-refractivity contribution in [1.82, 2.24) is 9.80 Å². The van der Waals surface area contributed by atoms with E-state index >= 15 is 0 Å². The van der Waals surface area contributed by atoms with E-state index in [1.54, 1.807) is 6.07 Å². The van der Waals surface area contributed by atoms with Gasteiger partial charge in [0.15, 0.2) is 0 Å². The Morgan fingerprint density at radius 2 is 1.90 bits per heavy atom. The summed E-state index contributed by atoms with van der Waals surface area (Å²) in [6.45, 7) is 3.49. The van der Waals surface area contributed by atoms with Crippen molar-refractivity contribution < 1.29 is 9.72 Å². The molecule has 2 aromatic rings. The maximum Gasteiger partial charge on any atom is 0.324 e. The third-order valence-electron chi connectivity index (χ3n) is 5.69. The smallest absolute Gasteiger partial charge is 0.324 e. The first kappa shape index (κ1) is 21.6. The number of hydrogen-bond acceptors (Lipinski definition) is 5. The number of rotatable bonds is 8. The quantitative estimate of drug-likeness (QED) is 0.393. The van der Waals surface area contributed by atoms with Crippen LogP contribution in [0.25, 0.3) is 0 Å². The Morgan fingerprint density at radius 3 is 2.53 bits per heavy atom. The normalized spacial score (nSPS) is 18.9. The second-order valence-electron chi connectivity index (χ2n) is 8.08. The summed E-state index contributed by atoms with van der Waals surface area (Å²) in [5.41, 5.74) is 0.857. The third-order valence-corrected chi connectivity index (χ3v) is 7.42. The minimum absolute atomic E-state index is 0.141. The number of hydrogen-bond donors (Lipinski definition) is 0. The standard InChI is InChI=1S/C21H23Cl2N3O3S/c22-18-2-1-3-19(23)17(18)13-24(12-16-6-7-20(30-16)26(28)29)10-14-8-9-25(11-14)21(27)15-4-5-15/h1-3,6-7,14-15H,4-5,8-13H2. The Balaban J connectivity index is 1.47.